The van der Waals surface area contributed by atoms with Crippen LogP contribution in [0.4, 0.5) is 0 Å². The molecule has 2 aliphatic rings. The monoisotopic (exact) mass is 394 g/mol. The number of amides is 1. The number of carbonyl (C=O) groups is 1. The third-order valence-electron chi connectivity index (χ3n) is 4.98. The lowest BCUT2D eigenvalue weighted by atomic mass is 9.92. The van der Waals surface area contributed by atoms with E-state index in [0.29, 0.717) is 0 Å². The average molecular weight is 394 g/mol. The van der Waals surface area contributed by atoms with Crippen LogP contribution in [-0.4, -0.2) is 108 Å². The predicted molar refractivity (Wildman–Crippen MR) is 90.4 cm³/mol. The fourth-order valence-electron chi connectivity index (χ4n) is 3.55. The van der Waals surface area contributed by atoms with Crippen LogP contribution in [0.3, 0.4) is 0 Å². The summed E-state index contributed by atoms with van der Waals surface area (Å²) in [5.41, 5.74) is 5.98. The number of aliphatic hydroxyl groups is 4. The average Bonchev–Trinajstić information content (AvgIpc) is 2.63. The summed E-state index contributed by atoms with van der Waals surface area (Å²) in [6.07, 6.45) is -7.93. The maximum absolute atomic E-state index is 11.4. The molecule has 27 heavy (non-hydrogen) atoms. The van der Waals surface area contributed by atoms with Crippen LogP contribution in [-0.2, 0) is 23.7 Å². The van der Waals surface area contributed by atoms with Crippen LogP contribution in [0.15, 0.2) is 0 Å². The van der Waals surface area contributed by atoms with Gasteiger partial charge in [-0.25, -0.2) is 0 Å². The molecule has 2 aliphatic heterocycles. The standard InChI is InChI=1S/C16H30N2O9/c1-6-11(18-7(2)21)13(23)15(9(5-20)25-6)27-16-10(17)12(22)14(24-3)8(4-19)26-16/h6,8-16,19-20,22-23H,4-5,17H2,1-3H3,(H,18,21)/t6-,8?,9?,10+,11+,12?,13?,14-,15+,16+/m0/s1. The summed E-state index contributed by atoms with van der Waals surface area (Å²) in [5.74, 6) is -0.361. The fourth-order valence-corrected chi connectivity index (χ4v) is 3.55. The first kappa shape index (κ1) is 22.4. The Morgan fingerprint density at radius 2 is 1.70 bits per heavy atom. The van der Waals surface area contributed by atoms with Crippen LogP contribution in [0.1, 0.15) is 13.8 Å². The molecule has 7 N–H and O–H groups in total. The first-order valence-corrected chi connectivity index (χ1v) is 8.84. The van der Waals surface area contributed by atoms with Crippen molar-refractivity contribution in [2.24, 2.45) is 5.73 Å². The molecule has 2 heterocycles. The van der Waals surface area contributed by atoms with E-state index in [9.17, 15) is 25.2 Å². The summed E-state index contributed by atoms with van der Waals surface area (Å²) in [5, 5.41) is 42.7. The zero-order chi connectivity index (χ0) is 20.3. The molecular formula is C16H30N2O9. The lowest BCUT2D eigenvalue weighted by molar-refractivity contribution is -0.313. The number of nitrogens with two attached hydrogens (primary N) is 1. The highest BCUT2D eigenvalue weighted by Gasteiger charge is 2.49. The molecule has 0 aromatic rings. The molecule has 0 aliphatic carbocycles. The summed E-state index contributed by atoms with van der Waals surface area (Å²) in [7, 11) is 1.35. The second-order valence-corrected chi connectivity index (χ2v) is 6.87. The Morgan fingerprint density at radius 1 is 1.11 bits per heavy atom. The van der Waals surface area contributed by atoms with E-state index < -0.39 is 74.3 Å². The van der Waals surface area contributed by atoms with Gasteiger partial charge in [0.25, 0.3) is 0 Å². The lowest BCUT2D eigenvalue weighted by Gasteiger charge is -2.47. The van der Waals surface area contributed by atoms with E-state index in [-0.39, 0.29) is 5.91 Å². The topological polar surface area (TPSA) is 173 Å². The van der Waals surface area contributed by atoms with Crippen LogP contribution in [0, 0.1) is 0 Å². The fraction of sp³-hybridized carbons (Fsp3) is 0.938. The molecule has 11 nitrogen and oxygen atoms in total. The second-order valence-electron chi connectivity index (χ2n) is 6.87. The van der Waals surface area contributed by atoms with E-state index in [1.54, 1.807) is 6.92 Å². The van der Waals surface area contributed by atoms with Crippen molar-refractivity contribution in [1.29, 1.82) is 0 Å². The van der Waals surface area contributed by atoms with Gasteiger partial charge in [-0.3, -0.25) is 4.79 Å². The smallest absolute Gasteiger partial charge is 0.217 e. The second kappa shape index (κ2) is 9.54. The van der Waals surface area contributed by atoms with Gasteiger partial charge in [0.15, 0.2) is 6.29 Å². The number of hydrogen-bond donors (Lipinski definition) is 6. The molecule has 10 atom stereocenters. The van der Waals surface area contributed by atoms with Gasteiger partial charge in [-0.15, -0.1) is 0 Å². The zero-order valence-electron chi connectivity index (χ0n) is 15.6. The number of rotatable bonds is 6. The molecule has 0 bridgehead atoms. The molecule has 0 aromatic heterocycles. The highest BCUT2D eigenvalue weighted by Crippen LogP contribution is 2.29. The third kappa shape index (κ3) is 4.75. The lowest BCUT2D eigenvalue weighted by Crippen LogP contribution is -2.68. The van der Waals surface area contributed by atoms with Crippen molar-refractivity contribution in [3.63, 3.8) is 0 Å². The van der Waals surface area contributed by atoms with E-state index in [1.165, 1.54) is 14.0 Å². The molecule has 0 radical (unpaired) electrons. The molecule has 0 spiro atoms. The molecule has 2 saturated heterocycles. The molecular weight excluding hydrogens is 364 g/mol. The molecule has 2 fully saturated rings. The number of hydrogen-bond acceptors (Lipinski definition) is 10. The Labute approximate surface area is 157 Å². The van der Waals surface area contributed by atoms with Crippen LogP contribution in [0.5, 0.6) is 0 Å². The van der Waals surface area contributed by atoms with Crippen LogP contribution in [0.2, 0.25) is 0 Å². The van der Waals surface area contributed by atoms with Gasteiger partial charge in [0.05, 0.1) is 31.4 Å². The zero-order valence-corrected chi connectivity index (χ0v) is 15.6. The Balaban J connectivity index is 2.17. The van der Waals surface area contributed by atoms with Crippen molar-refractivity contribution in [3.05, 3.63) is 0 Å². The predicted octanol–water partition coefficient (Wildman–Crippen LogP) is -3.56. The summed E-state index contributed by atoms with van der Waals surface area (Å²) in [4.78, 5) is 11.4. The largest absolute Gasteiger partial charge is 0.394 e. The molecule has 11 heteroatoms. The van der Waals surface area contributed by atoms with Crippen molar-refractivity contribution in [1.82, 2.24) is 5.32 Å². The first-order chi connectivity index (χ1) is 12.7. The highest BCUT2D eigenvalue weighted by atomic mass is 16.7. The Hall–Kier alpha value is -0.890. The van der Waals surface area contributed by atoms with Crippen LogP contribution >= 0.6 is 0 Å². The van der Waals surface area contributed by atoms with Gasteiger partial charge in [-0.05, 0) is 6.92 Å². The number of aliphatic hydroxyl groups excluding tert-OH is 4. The van der Waals surface area contributed by atoms with Gasteiger partial charge in [0.1, 0.15) is 36.6 Å². The summed E-state index contributed by atoms with van der Waals surface area (Å²) in [6, 6.07) is -1.82. The Bertz CT molecular complexity index is 495. The van der Waals surface area contributed by atoms with Gasteiger partial charge < -0.3 is 50.4 Å². The van der Waals surface area contributed by atoms with E-state index in [2.05, 4.69) is 5.32 Å². The van der Waals surface area contributed by atoms with Crippen molar-refractivity contribution in [2.45, 2.75) is 74.9 Å². The van der Waals surface area contributed by atoms with E-state index in [1.807, 2.05) is 0 Å². The summed E-state index contributed by atoms with van der Waals surface area (Å²) >= 11 is 0. The molecule has 0 aromatic carbocycles. The van der Waals surface area contributed by atoms with Gasteiger partial charge in [0, 0.05) is 14.0 Å². The molecule has 158 valence electrons. The maximum Gasteiger partial charge on any atom is 0.217 e. The van der Waals surface area contributed by atoms with Gasteiger partial charge >= 0.3 is 0 Å². The molecule has 2 rings (SSSR count). The number of carbonyl (C=O) groups excluding carboxylic acids is 1. The quantitative estimate of drug-likeness (QED) is 0.265. The molecule has 4 unspecified atom stereocenters. The van der Waals surface area contributed by atoms with Crippen molar-refractivity contribution in [2.75, 3.05) is 20.3 Å². The van der Waals surface area contributed by atoms with Gasteiger partial charge in [0.2, 0.25) is 5.91 Å². The molecule has 1 amide bonds. The summed E-state index contributed by atoms with van der Waals surface area (Å²) < 4.78 is 22.1. The number of methoxy groups -OCH3 is 1. The van der Waals surface area contributed by atoms with Crippen molar-refractivity contribution < 1.29 is 44.2 Å². The summed E-state index contributed by atoms with van der Waals surface area (Å²) in [6.45, 7) is 2.06. The minimum Gasteiger partial charge on any atom is -0.394 e. The number of nitrogens with one attached hydrogen (secondary N) is 1. The van der Waals surface area contributed by atoms with Gasteiger partial charge in [-0.1, -0.05) is 0 Å². The minimum atomic E-state index is -1.23. The molecule has 0 saturated carbocycles. The Morgan fingerprint density at radius 3 is 2.22 bits per heavy atom. The van der Waals surface area contributed by atoms with Crippen LogP contribution < -0.4 is 11.1 Å². The third-order valence-corrected chi connectivity index (χ3v) is 4.98. The van der Waals surface area contributed by atoms with E-state index in [4.69, 9.17) is 24.7 Å². The van der Waals surface area contributed by atoms with Gasteiger partial charge in [-0.2, -0.15) is 0 Å². The number of ether oxygens (including phenoxy) is 4. The normalized spacial score (nSPS) is 45.5. The van der Waals surface area contributed by atoms with E-state index in [0.717, 1.165) is 0 Å². The SMILES string of the molecule is CO[C@H]1C(CO)O[C@H](O[C@@H]2C(CO)O[C@@H](C)[C@@H](NC(C)=O)C2O)[C@H](N)C1O. The minimum absolute atomic E-state index is 0.361. The first-order valence-electron chi connectivity index (χ1n) is 8.84. The van der Waals surface area contributed by atoms with Crippen molar-refractivity contribution in [3.8, 4) is 0 Å². The van der Waals surface area contributed by atoms with Crippen LogP contribution in [0.25, 0.3) is 0 Å². The maximum atomic E-state index is 11.4. The Kier molecular flexibility index (Phi) is 7.92. The van der Waals surface area contributed by atoms with Crippen molar-refractivity contribution >= 4 is 5.91 Å². The highest BCUT2D eigenvalue weighted by molar-refractivity contribution is 5.73. The van der Waals surface area contributed by atoms with E-state index >= 15 is 0 Å².